The quantitative estimate of drug-likeness (QED) is 0.573. The predicted molar refractivity (Wildman–Crippen MR) is 117 cm³/mol. The van der Waals surface area contributed by atoms with Crippen molar-refractivity contribution in [1.82, 2.24) is 0 Å². The Labute approximate surface area is 176 Å². The van der Waals surface area contributed by atoms with Gasteiger partial charge < -0.3 is 19.3 Å². The molecule has 0 atom stereocenters. The molecule has 30 heavy (non-hydrogen) atoms. The topological polar surface area (TPSA) is 59.1 Å². The number of amides is 2. The molecule has 6 heteroatoms. The molecule has 0 aliphatic heterocycles. The molecule has 0 aliphatic carbocycles. The lowest BCUT2D eigenvalue weighted by atomic mass is 10.3. The Kier molecular flexibility index (Phi) is 7.05. The van der Waals surface area contributed by atoms with Crippen LogP contribution in [0.5, 0.6) is 11.5 Å². The van der Waals surface area contributed by atoms with Crippen molar-refractivity contribution in [2.45, 2.75) is 0 Å². The monoisotopic (exact) mass is 404 g/mol. The largest absolute Gasteiger partial charge is 0.480 e. The molecule has 3 aromatic rings. The lowest BCUT2D eigenvalue weighted by Gasteiger charge is -2.19. The van der Waals surface area contributed by atoms with Crippen molar-refractivity contribution in [3.05, 3.63) is 84.9 Å². The molecule has 154 valence electrons. The number of ether oxygens (including phenoxy) is 2. The lowest BCUT2D eigenvalue weighted by Crippen LogP contribution is -2.32. The fraction of sp³-hybridized carbons (Fsp3) is 0.167. The van der Waals surface area contributed by atoms with Crippen LogP contribution in [0.15, 0.2) is 84.9 Å². The van der Waals surface area contributed by atoms with Gasteiger partial charge in [-0.3, -0.25) is 9.59 Å². The van der Waals surface area contributed by atoms with Crippen LogP contribution in [0.2, 0.25) is 0 Å². The van der Waals surface area contributed by atoms with Crippen LogP contribution in [0, 0.1) is 0 Å². The molecule has 0 radical (unpaired) electrons. The first kappa shape index (κ1) is 20.9. The van der Waals surface area contributed by atoms with Crippen LogP contribution in [-0.2, 0) is 9.59 Å². The molecule has 0 saturated carbocycles. The van der Waals surface area contributed by atoms with Crippen LogP contribution in [0.3, 0.4) is 0 Å². The molecule has 3 aromatic carbocycles. The van der Waals surface area contributed by atoms with Crippen LogP contribution in [0.4, 0.5) is 11.4 Å². The minimum Gasteiger partial charge on any atom is -0.480 e. The molecule has 6 nitrogen and oxygen atoms in total. The summed E-state index contributed by atoms with van der Waals surface area (Å²) in [5, 5.41) is 0. The van der Waals surface area contributed by atoms with Crippen molar-refractivity contribution >= 4 is 23.2 Å². The van der Waals surface area contributed by atoms with Gasteiger partial charge in [0.15, 0.2) is 24.7 Å². The minimum atomic E-state index is -0.198. The van der Waals surface area contributed by atoms with E-state index in [2.05, 4.69) is 0 Å². The van der Waals surface area contributed by atoms with E-state index in [1.165, 1.54) is 9.80 Å². The van der Waals surface area contributed by atoms with Crippen LogP contribution in [0.1, 0.15) is 0 Å². The molecule has 3 rings (SSSR count). The molecule has 2 amide bonds. The second-order valence-electron chi connectivity index (χ2n) is 6.60. The first-order valence-electron chi connectivity index (χ1n) is 9.54. The predicted octanol–water partition coefficient (Wildman–Crippen LogP) is 3.77. The number of para-hydroxylation sites is 4. The summed E-state index contributed by atoms with van der Waals surface area (Å²) in [4.78, 5) is 27.9. The summed E-state index contributed by atoms with van der Waals surface area (Å²) in [5.41, 5.74) is 1.57. The van der Waals surface area contributed by atoms with E-state index < -0.39 is 0 Å². The lowest BCUT2D eigenvalue weighted by molar-refractivity contribution is -0.121. The summed E-state index contributed by atoms with van der Waals surface area (Å²) in [5.74, 6) is 0.414. The summed E-state index contributed by atoms with van der Waals surface area (Å²) in [6.45, 7) is -0.298. The SMILES string of the molecule is CN(C(=O)COc1ccccc1OCC(=O)N(C)c1ccccc1)c1ccccc1. The normalized spacial score (nSPS) is 10.2. The van der Waals surface area contributed by atoms with Crippen molar-refractivity contribution in [2.75, 3.05) is 37.1 Å². The highest BCUT2D eigenvalue weighted by Gasteiger charge is 2.15. The van der Waals surface area contributed by atoms with Gasteiger partial charge in [-0.05, 0) is 36.4 Å². The van der Waals surface area contributed by atoms with Gasteiger partial charge in [0.2, 0.25) is 0 Å². The number of rotatable bonds is 8. The highest BCUT2D eigenvalue weighted by molar-refractivity contribution is 5.94. The Morgan fingerprint density at radius 3 is 1.30 bits per heavy atom. The maximum absolute atomic E-state index is 12.4. The number of carbonyl (C=O) groups is 2. The summed E-state index contributed by atoms with van der Waals surface area (Å²) >= 11 is 0. The van der Waals surface area contributed by atoms with Gasteiger partial charge in [0.25, 0.3) is 11.8 Å². The van der Waals surface area contributed by atoms with Gasteiger partial charge in [0, 0.05) is 25.5 Å². The summed E-state index contributed by atoms with van der Waals surface area (Å²) in [7, 11) is 3.39. The molecule has 0 N–H and O–H groups in total. The third-order valence-electron chi connectivity index (χ3n) is 4.59. The highest BCUT2D eigenvalue weighted by Crippen LogP contribution is 2.27. The molecule has 0 unspecified atom stereocenters. The number of likely N-dealkylation sites (N-methyl/N-ethyl adjacent to an activating group) is 2. The van der Waals surface area contributed by atoms with Gasteiger partial charge >= 0.3 is 0 Å². The molecular formula is C24H24N2O4. The standard InChI is InChI=1S/C24H24N2O4/c1-25(19-11-5-3-6-12-19)23(27)17-29-21-15-9-10-16-22(21)30-18-24(28)26(2)20-13-7-4-8-14-20/h3-16H,17-18H2,1-2H3. The molecule has 0 heterocycles. The van der Waals surface area contributed by atoms with E-state index in [4.69, 9.17) is 9.47 Å². The maximum Gasteiger partial charge on any atom is 0.264 e. The van der Waals surface area contributed by atoms with Gasteiger partial charge in [-0.25, -0.2) is 0 Å². The van der Waals surface area contributed by atoms with Crippen molar-refractivity contribution < 1.29 is 19.1 Å². The zero-order valence-electron chi connectivity index (χ0n) is 17.0. The zero-order valence-corrected chi connectivity index (χ0v) is 17.0. The van der Waals surface area contributed by atoms with E-state index in [0.29, 0.717) is 11.5 Å². The minimum absolute atomic E-state index is 0.149. The van der Waals surface area contributed by atoms with Gasteiger partial charge in [0.1, 0.15) is 0 Å². The van der Waals surface area contributed by atoms with Crippen LogP contribution >= 0.6 is 0 Å². The van der Waals surface area contributed by atoms with Crippen LogP contribution in [0.25, 0.3) is 0 Å². The highest BCUT2D eigenvalue weighted by atomic mass is 16.5. The van der Waals surface area contributed by atoms with E-state index in [1.54, 1.807) is 38.4 Å². The smallest absolute Gasteiger partial charge is 0.264 e. The van der Waals surface area contributed by atoms with Crippen molar-refractivity contribution in [3.8, 4) is 11.5 Å². The summed E-state index contributed by atoms with van der Waals surface area (Å²) in [6, 6.07) is 25.6. The summed E-state index contributed by atoms with van der Waals surface area (Å²) in [6.07, 6.45) is 0. The average Bonchev–Trinajstić information content (AvgIpc) is 2.81. The van der Waals surface area contributed by atoms with Crippen molar-refractivity contribution in [1.29, 1.82) is 0 Å². The van der Waals surface area contributed by atoms with E-state index >= 15 is 0 Å². The first-order valence-corrected chi connectivity index (χ1v) is 9.54. The fourth-order valence-corrected chi connectivity index (χ4v) is 2.75. The zero-order chi connectivity index (χ0) is 21.3. The number of benzene rings is 3. The maximum atomic E-state index is 12.4. The first-order chi connectivity index (χ1) is 14.6. The third-order valence-corrected chi connectivity index (χ3v) is 4.59. The van der Waals surface area contributed by atoms with Crippen LogP contribution < -0.4 is 19.3 Å². The molecule has 0 saturated heterocycles. The molecule has 0 aromatic heterocycles. The Morgan fingerprint density at radius 1 is 0.600 bits per heavy atom. The van der Waals surface area contributed by atoms with E-state index in [1.807, 2.05) is 60.7 Å². The van der Waals surface area contributed by atoms with Gasteiger partial charge in [-0.1, -0.05) is 48.5 Å². The molecule has 0 aliphatic rings. The van der Waals surface area contributed by atoms with E-state index in [9.17, 15) is 9.59 Å². The fourth-order valence-electron chi connectivity index (χ4n) is 2.75. The van der Waals surface area contributed by atoms with Crippen LogP contribution in [-0.4, -0.2) is 39.1 Å². The second kappa shape index (κ2) is 10.1. The third kappa shape index (κ3) is 5.38. The van der Waals surface area contributed by atoms with Gasteiger partial charge in [0.05, 0.1) is 0 Å². The molecule has 0 bridgehead atoms. The number of carbonyl (C=O) groups excluding carboxylic acids is 2. The number of hydrogen-bond donors (Lipinski definition) is 0. The van der Waals surface area contributed by atoms with Gasteiger partial charge in [-0.15, -0.1) is 0 Å². The van der Waals surface area contributed by atoms with Crippen molar-refractivity contribution in [2.24, 2.45) is 0 Å². The molecule has 0 fully saturated rings. The Morgan fingerprint density at radius 2 is 0.933 bits per heavy atom. The Hall–Kier alpha value is -3.80. The molecular weight excluding hydrogens is 380 g/mol. The number of nitrogens with zero attached hydrogens (tertiary/aromatic N) is 2. The van der Waals surface area contributed by atoms with Crippen molar-refractivity contribution in [3.63, 3.8) is 0 Å². The van der Waals surface area contributed by atoms with E-state index in [-0.39, 0.29) is 25.0 Å². The molecule has 0 spiro atoms. The second-order valence-corrected chi connectivity index (χ2v) is 6.60. The van der Waals surface area contributed by atoms with Gasteiger partial charge in [-0.2, -0.15) is 0 Å². The Bertz CT molecular complexity index is 896. The average molecular weight is 404 g/mol. The number of anilines is 2. The van der Waals surface area contributed by atoms with E-state index in [0.717, 1.165) is 11.4 Å². The summed E-state index contributed by atoms with van der Waals surface area (Å²) < 4.78 is 11.4. The Balaban J connectivity index is 1.58. The number of hydrogen-bond acceptors (Lipinski definition) is 4.